The van der Waals surface area contributed by atoms with E-state index in [9.17, 15) is 4.79 Å². The second-order valence-electron chi connectivity index (χ2n) is 7.72. The first-order valence-corrected chi connectivity index (χ1v) is 9.98. The number of likely N-dealkylation sites (N-methyl/N-ethyl adjacent to an activating group) is 1. The highest BCUT2D eigenvalue weighted by Gasteiger charge is 2.37. The molecule has 3 rings (SSSR count). The summed E-state index contributed by atoms with van der Waals surface area (Å²) in [6.07, 6.45) is 10.9. The number of aromatic nitrogens is 3. The molecule has 2 aromatic rings. The van der Waals surface area contributed by atoms with E-state index in [0.717, 1.165) is 31.4 Å². The van der Waals surface area contributed by atoms with Crippen molar-refractivity contribution >= 4 is 5.91 Å². The van der Waals surface area contributed by atoms with E-state index in [1.165, 1.54) is 5.56 Å². The Bertz CT molecular complexity index is 746. The maximum Gasteiger partial charge on any atom is 0.223 e. The van der Waals surface area contributed by atoms with Crippen LogP contribution >= 0.6 is 0 Å². The molecule has 1 aliphatic heterocycles. The third-order valence-corrected chi connectivity index (χ3v) is 5.11. The standard InChI is InChI=1S/C21H31N5O2/c1-24(2)16-19-21(18-14-23-25(3)15-18)26(11-12-28-19)20(27)9-5-4-7-17-8-6-10-22-13-17/h6,8,10,13-15,19,21H,4-5,7,9,11-12,16H2,1-3H3/t19-,21-/m0/s1. The zero-order valence-electron chi connectivity index (χ0n) is 17.1. The van der Waals surface area contributed by atoms with Gasteiger partial charge >= 0.3 is 0 Å². The average molecular weight is 386 g/mol. The second-order valence-corrected chi connectivity index (χ2v) is 7.72. The van der Waals surface area contributed by atoms with Crippen LogP contribution in [0, 0.1) is 0 Å². The summed E-state index contributed by atoms with van der Waals surface area (Å²) < 4.78 is 7.83. The number of unbranched alkanes of at least 4 members (excludes halogenated alkanes) is 1. The minimum atomic E-state index is -0.0873. The lowest BCUT2D eigenvalue weighted by Crippen LogP contribution is -2.51. The molecule has 0 saturated carbocycles. The van der Waals surface area contributed by atoms with Crippen LogP contribution in [0.2, 0.25) is 0 Å². The van der Waals surface area contributed by atoms with Crippen molar-refractivity contribution in [1.29, 1.82) is 0 Å². The van der Waals surface area contributed by atoms with Crippen LogP contribution in [-0.2, 0) is 23.0 Å². The van der Waals surface area contributed by atoms with E-state index in [1.54, 1.807) is 10.9 Å². The first-order valence-electron chi connectivity index (χ1n) is 9.98. The number of hydrogen-bond acceptors (Lipinski definition) is 5. The molecule has 3 heterocycles. The number of rotatable bonds is 8. The summed E-state index contributed by atoms with van der Waals surface area (Å²) in [6.45, 7) is 1.98. The highest BCUT2D eigenvalue weighted by Crippen LogP contribution is 2.30. The molecule has 2 atom stereocenters. The van der Waals surface area contributed by atoms with E-state index in [4.69, 9.17) is 4.74 Å². The van der Waals surface area contributed by atoms with E-state index in [-0.39, 0.29) is 18.1 Å². The van der Waals surface area contributed by atoms with Gasteiger partial charge in [0.15, 0.2) is 0 Å². The minimum Gasteiger partial charge on any atom is -0.373 e. The molecule has 0 N–H and O–H groups in total. The molecule has 1 aliphatic rings. The number of morpholine rings is 1. The highest BCUT2D eigenvalue weighted by molar-refractivity contribution is 5.77. The molecule has 28 heavy (non-hydrogen) atoms. The minimum absolute atomic E-state index is 0.0488. The maximum absolute atomic E-state index is 13.0. The van der Waals surface area contributed by atoms with Crippen molar-refractivity contribution in [3.63, 3.8) is 0 Å². The van der Waals surface area contributed by atoms with E-state index in [0.29, 0.717) is 19.6 Å². The van der Waals surface area contributed by atoms with E-state index < -0.39 is 0 Å². The Kier molecular flexibility index (Phi) is 7.17. The van der Waals surface area contributed by atoms with Gasteiger partial charge in [-0.05, 0) is 45.0 Å². The topological polar surface area (TPSA) is 63.5 Å². The number of pyridine rings is 1. The lowest BCUT2D eigenvalue weighted by Gasteiger charge is -2.42. The number of amides is 1. The van der Waals surface area contributed by atoms with Crippen molar-refractivity contribution < 1.29 is 9.53 Å². The highest BCUT2D eigenvalue weighted by atomic mass is 16.5. The molecular formula is C21H31N5O2. The Morgan fingerprint density at radius 3 is 2.86 bits per heavy atom. The number of ether oxygens (including phenoxy) is 1. The van der Waals surface area contributed by atoms with Crippen molar-refractivity contribution in [3.05, 3.63) is 48.0 Å². The summed E-state index contributed by atoms with van der Waals surface area (Å²) in [6, 6.07) is 3.95. The van der Waals surface area contributed by atoms with E-state index >= 15 is 0 Å². The number of hydrogen-bond donors (Lipinski definition) is 0. The van der Waals surface area contributed by atoms with Gasteiger partial charge in [0.2, 0.25) is 5.91 Å². The van der Waals surface area contributed by atoms with Crippen LogP contribution in [0.15, 0.2) is 36.9 Å². The first kappa shape index (κ1) is 20.5. The molecule has 0 bridgehead atoms. The van der Waals surface area contributed by atoms with E-state index in [1.807, 2.05) is 50.7 Å². The van der Waals surface area contributed by atoms with Gasteiger partial charge in [-0.25, -0.2) is 0 Å². The largest absolute Gasteiger partial charge is 0.373 e. The maximum atomic E-state index is 13.0. The summed E-state index contributed by atoms with van der Waals surface area (Å²) in [5.41, 5.74) is 2.26. The predicted octanol–water partition coefficient (Wildman–Crippen LogP) is 2.06. The summed E-state index contributed by atoms with van der Waals surface area (Å²) in [4.78, 5) is 21.3. The van der Waals surface area contributed by atoms with Gasteiger partial charge < -0.3 is 14.5 Å². The molecule has 0 aromatic carbocycles. The van der Waals surface area contributed by atoms with Gasteiger partial charge in [0.05, 0.1) is 24.9 Å². The number of aryl methyl sites for hydroxylation is 2. The fraction of sp³-hybridized carbons (Fsp3) is 0.571. The molecule has 152 valence electrons. The Balaban J connectivity index is 1.62. The van der Waals surface area contributed by atoms with Crippen LogP contribution in [-0.4, -0.2) is 70.4 Å². The second kappa shape index (κ2) is 9.80. The van der Waals surface area contributed by atoms with Gasteiger partial charge in [-0.15, -0.1) is 0 Å². The van der Waals surface area contributed by atoms with Gasteiger partial charge in [0, 0.05) is 50.7 Å². The molecule has 1 fully saturated rings. The van der Waals surface area contributed by atoms with Crippen molar-refractivity contribution in [3.8, 4) is 0 Å². The van der Waals surface area contributed by atoms with Crippen LogP contribution in [0.5, 0.6) is 0 Å². The quantitative estimate of drug-likeness (QED) is 0.651. The molecule has 0 unspecified atom stereocenters. The fourth-order valence-corrected chi connectivity index (χ4v) is 3.81. The SMILES string of the molecule is CN(C)C[C@@H]1OCCN(C(=O)CCCCc2cccnc2)[C@H]1c1cnn(C)c1. The molecule has 1 amide bonds. The summed E-state index contributed by atoms with van der Waals surface area (Å²) >= 11 is 0. The zero-order valence-corrected chi connectivity index (χ0v) is 17.1. The van der Waals surface area contributed by atoms with E-state index in [2.05, 4.69) is 21.0 Å². The summed E-state index contributed by atoms with van der Waals surface area (Å²) in [7, 11) is 5.96. The van der Waals surface area contributed by atoms with Crippen molar-refractivity contribution in [2.75, 3.05) is 33.8 Å². The van der Waals surface area contributed by atoms with Crippen LogP contribution < -0.4 is 0 Å². The Morgan fingerprint density at radius 2 is 2.18 bits per heavy atom. The fourth-order valence-electron chi connectivity index (χ4n) is 3.81. The van der Waals surface area contributed by atoms with Gasteiger partial charge in [-0.2, -0.15) is 5.10 Å². The first-order chi connectivity index (χ1) is 13.5. The molecule has 2 aromatic heterocycles. The molecule has 7 nitrogen and oxygen atoms in total. The molecule has 7 heteroatoms. The monoisotopic (exact) mass is 385 g/mol. The lowest BCUT2D eigenvalue weighted by atomic mass is 9.99. The average Bonchev–Trinajstić information content (AvgIpc) is 3.11. The van der Waals surface area contributed by atoms with Crippen molar-refractivity contribution in [2.24, 2.45) is 7.05 Å². The Labute approximate surface area is 167 Å². The molecular weight excluding hydrogens is 354 g/mol. The zero-order chi connectivity index (χ0) is 19.9. The predicted molar refractivity (Wildman–Crippen MR) is 108 cm³/mol. The molecule has 0 aliphatic carbocycles. The summed E-state index contributed by atoms with van der Waals surface area (Å²) in [5.74, 6) is 0.201. The van der Waals surface area contributed by atoms with Gasteiger partial charge in [0.25, 0.3) is 0 Å². The smallest absolute Gasteiger partial charge is 0.223 e. The Hall–Kier alpha value is -2.25. The molecule has 1 saturated heterocycles. The molecule has 0 spiro atoms. The number of carbonyl (C=O) groups excluding carboxylic acids is 1. The Morgan fingerprint density at radius 1 is 1.32 bits per heavy atom. The van der Waals surface area contributed by atoms with Crippen molar-refractivity contribution in [2.45, 2.75) is 37.8 Å². The van der Waals surface area contributed by atoms with Crippen LogP contribution in [0.4, 0.5) is 0 Å². The van der Waals surface area contributed by atoms with Gasteiger partial charge in [-0.1, -0.05) is 6.07 Å². The van der Waals surface area contributed by atoms with Crippen molar-refractivity contribution in [1.82, 2.24) is 24.6 Å². The number of nitrogens with zero attached hydrogens (tertiary/aromatic N) is 5. The van der Waals surface area contributed by atoms with Crippen LogP contribution in [0.1, 0.15) is 36.4 Å². The van der Waals surface area contributed by atoms with Gasteiger partial charge in [0.1, 0.15) is 0 Å². The normalized spacial score (nSPS) is 19.9. The van der Waals surface area contributed by atoms with Gasteiger partial charge in [-0.3, -0.25) is 14.5 Å². The molecule has 0 radical (unpaired) electrons. The lowest BCUT2D eigenvalue weighted by molar-refractivity contribution is -0.148. The van der Waals surface area contributed by atoms with Crippen LogP contribution in [0.25, 0.3) is 0 Å². The van der Waals surface area contributed by atoms with Crippen LogP contribution in [0.3, 0.4) is 0 Å². The third kappa shape index (κ3) is 5.39. The number of carbonyl (C=O) groups is 1. The third-order valence-electron chi connectivity index (χ3n) is 5.11. The summed E-state index contributed by atoms with van der Waals surface area (Å²) in [5, 5.41) is 4.31.